The average molecular weight is 305 g/mol. The summed E-state index contributed by atoms with van der Waals surface area (Å²) in [7, 11) is 0. The number of carbonyl (C=O) groups excluding carboxylic acids is 1. The maximum Gasteiger partial charge on any atom is 0.281 e. The number of nitro benzene ring substituents is 1. The number of non-ortho nitro benzene ring substituents is 1. The average Bonchev–Trinajstić information content (AvgIpc) is 2.97. The van der Waals surface area contributed by atoms with Crippen molar-refractivity contribution in [1.82, 2.24) is 5.43 Å². The first-order valence-electron chi connectivity index (χ1n) is 5.84. The van der Waals surface area contributed by atoms with E-state index in [1.807, 2.05) is 0 Å². The number of hydrogen-bond acceptors (Lipinski definition) is 6. The van der Waals surface area contributed by atoms with Crippen LogP contribution in [-0.4, -0.2) is 22.2 Å². The third-order valence-electron chi connectivity index (χ3n) is 2.64. The Balaban J connectivity index is 2.17. The fraction of sp³-hybridized carbons (Fsp3) is 0.0769. The van der Waals surface area contributed by atoms with Crippen LogP contribution in [0, 0.1) is 17.0 Å². The quantitative estimate of drug-likeness (QED) is 0.514. The van der Waals surface area contributed by atoms with Crippen molar-refractivity contribution in [2.24, 2.45) is 5.10 Å². The summed E-state index contributed by atoms with van der Waals surface area (Å²) in [6, 6.07) is 5.82. The van der Waals surface area contributed by atoms with Gasteiger partial charge in [-0.15, -0.1) is 11.3 Å². The van der Waals surface area contributed by atoms with E-state index in [1.54, 1.807) is 24.4 Å². The van der Waals surface area contributed by atoms with Gasteiger partial charge in [0.25, 0.3) is 11.6 Å². The second kappa shape index (κ2) is 6.14. The number of thiophene rings is 1. The van der Waals surface area contributed by atoms with Crippen molar-refractivity contribution in [3.63, 3.8) is 0 Å². The molecule has 0 atom stereocenters. The molecular formula is C13H11N3O4S. The van der Waals surface area contributed by atoms with E-state index < -0.39 is 4.92 Å². The molecule has 108 valence electrons. The van der Waals surface area contributed by atoms with Gasteiger partial charge in [0.05, 0.1) is 16.0 Å². The first kappa shape index (κ1) is 14.7. The van der Waals surface area contributed by atoms with Gasteiger partial charge >= 0.3 is 0 Å². The third-order valence-corrected chi connectivity index (χ3v) is 3.51. The minimum absolute atomic E-state index is 0.116. The zero-order valence-electron chi connectivity index (χ0n) is 10.9. The molecule has 0 unspecified atom stereocenters. The maximum absolute atomic E-state index is 11.6. The minimum atomic E-state index is -0.561. The number of amides is 1. The van der Waals surface area contributed by atoms with Gasteiger partial charge < -0.3 is 5.11 Å². The Hall–Kier alpha value is -2.74. The lowest BCUT2D eigenvalue weighted by molar-refractivity contribution is -0.384. The van der Waals surface area contributed by atoms with Crippen molar-refractivity contribution < 1.29 is 14.8 Å². The molecule has 0 radical (unpaired) electrons. The van der Waals surface area contributed by atoms with Crippen LogP contribution in [0.1, 0.15) is 20.8 Å². The zero-order valence-corrected chi connectivity index (χ0v) is 11.8. The molecule has 21 heavy (non-hydrogen) atoms. The second-order valence-electron chi connectivity index (χ2n) is 4.13. The summed E-state index contributed by atoms with van der Waals surface area (Å²) in [5, 5.41) is 26.1. The number of rotatable bonds is 4. The molecule has 2 N–H and O–H groups in total. The number of benzene rings is 1. The van der Waals surface area contributed by atoms with Crippen LogP contribution in [0.3, 0.4) is 0 Å². The Morgan fingerprint density at radius 2 is 2.29 bits per heavy atom. The molecule has 0 bridgehead atoms. The lowest BCUT2D eigenvalue weighted by Gasteiger charge is -2.03. The van der Waals surface area contributed by atoms with Crippen LogP contribution < -0.4 is 5.43 Å². The van der Waals surface area contributed by atoms with Crippen LogP contribution in [0.25, 0.3) is 0 Å². The van der Waals surface area contributed by atoms with Gasteiger partial charge in [0.1, 0.15) is 5.75 Å². The van der Waals surface area contributed by atoms with Crippen LogP contribution in [-0.2, 0) is 0 Å². The number of phenolic OH excluding ortho intramolecular Hbond substituents is 1. The van der Waals surface area contributed by atoms with E-state index in [1.165, 1.54) is 29.7 Å². The molecule has 2 aromatic rings. The van der Waals surface area contributed by atoms with Crippen LogP contribution in [0.15, 0.2) is 34.7 Å². The van der Waals surface area contributed by atoms with Crippen molar-refractivity contribution in [3.8, 4) is 5.75 Å². The van der Waals surface area contributed by atoms with Gasteiger partial charge in [-0.25, -0.2) is 5.43 Å². The monoisotopic (exact) mass is 305 g/mol. The number of nitrogens with one attached hydrogen (secondary N) is 1. The van der Waals surface area contributed by atoms with Gasteiger partial charge in [0.2, 0.25) is 0 Å². The number of hydrazone groups is 1. The van der Waals surface area contributed by atoms with Crippen LogP contribution in [0.5, 0.6) is 5.75 Å². The van der Waals surface area contributed by atoms with Crippen LogP contribution >= 0.6 is 11.3 Å². The summed E-state index contributed by atoms with van der Waals surface area (Å²) in [5.74, 6) is -0.502. The van der Waals surface area contributed by atoms with Gasteiger partial charge in [-0.1, -0.05) is 6.07 Å². The van der Waals surface area contributed by atoms with Gasteiger partial charge in [0.15, 0.2) is 0 Å². The molecule has 0 saturated heterocycles. The lowest BCUT2D eigenvalue weighted by atomic mass is 10.1. The third kappa shape index (κ3) is 3.42. The van der Waals surface area contributed by atoms with E-state index in [0.29, 0.717) is 10.4 Å². The van der Waals surface area contributed by atoms with Crippen LogP contribution in [0.4, 0.5) is 5.69 Å². The molecular weight excluding hydrogens is 294 g/mol. The fourth-order valence-corrected chi connectivity index (χ4v) is 2.23. The highest BCUT2D eigenvalue weighted by molar-refractivity contribution is 7.12. The Bertz CT molecular complexity index is 710. The summed E-state index contributed by atoms with van der Waals surface area (Å²) in [6.07, 6.45) is 1.17. The predicted molar refractivity (Wildman–Crippen MR) is 78.9 cm³/mol. The topological polar surface area (TPSA) is 105 Å². The zero-order chi connectivity index (χ0) is 15.4. The predicted octanol–water partition coefficient (Wildman–Crippen LogP) is 2.43. The van der Waals surface area contributed by atoms with E-state index in [2.05, 4.69) is 10.5 Å². The van der Waals surface area contributed by atoms with Crippen molar-refractivity contribution in [3.05, 3.63) is 55.8 Å². The van der Waals surface area contributed by atoms with Crippen LogP contribution in [0.2, 0.25) is 0 Å². The summed E-state index contributed by atoms with van der Waals surface area (Å²) < 4.78 is 0. The van der Waals surface area contributed by atoms with E-state index in [0.717, 1.165) is 0 Å². The molecule has 0 aliphatic heterocycles. The minimum Gasteiger partial charge on any atom is -0.507 e. The van der Waals surface area contributed by atoms with Crippen molar-refractivity contribution >= 4 is 29.1 Å². The smallest absolute Gasteiger partial charge is 0.281 e. The summed E-state index contributed by atoms with van der Waals surface area (Å²) in [5.41, 5.74) is 2.65. The Morgan fingerprint density at radius 1 is 1.52 bits per heavy atom. The Kier molecular flexibility index (Phi) is 4.29. The SMILES string of the molecule is Cc1cc([N+](=O)[O-])cc(/C=N\NC(=O)c2cccs2)c1O. The van der Waals surface area contributed by atoms with Crippen molar-refractivity contribution in [2.45, 2.75) is 6.92 Å². The summed E-state index contributed by atoms with van der Waals surface area (Å²) >= 11 is 1.26. The normalized spacial score (nSPS) is 10.7. The molecule has 1 aromatic heterocycles. The molecule has 0 fully saturated rings. The second-order valence-corrected chi connectivity index (χ2v) is 5.08. The number of phenols is 1. The number of carbonyl (C=O) groups is 1. The number of aromatic hydroxyl groups is 1. The van der Waals surface area contributed by atoms with Gasteiger partial charge in [-0.05, 0) is 23.9 Å². The van der Waals surface area contributed by atoms with E-state index in [-0.39, 0.29) is 22.9 Å². The highest BCUT2D eigenvalue weighted by Gasteiger charge is 2.12. The van der Waals surface area contributed by atoms with Crippen molar-refractivity contribution in [1.29, 1.82) is 0 Å². The first-order chi connectivity index (χ1) is 9.99. The molecule has 0 aliphatic rings. The first-order valence-corrected chi connectivity index (χ1v) is 6.72. The lowest BCUT2D eigenvalue weighted by Crippen LogP contribution is -2.16. The fourth-order valence-electron chi connectivity index (χ4n) is 1.61. The molecule has 7 nitrogen and oxygen atoms in total. The highest BCUT2D eigenvalue weighted by Crippen LogP contribution is 2.26. The molecule has 2 rings (SSSR count). The molecule has 1 amide bonds. The van der Waals surface area contributed by atoms with E-state index in [9.17, 15) is 20.0 Å². The standard InChI is InChI=1S/C13H11N3O4S/c1-8-5-10(16(19)20)6-9(12(8)17)7-14-15-13(18)11-3-2-4-21-11/h2-7,17H,1H3,(H,15,18)/b14-7-. The molecule has 1 aromatic carbocycles. The molecule has 8 heteroatoms. The molecule has 1 heterocycles. The number of aryl methyl sites for hydroxylation is 1. The number of hydrogen-bond donors (Lipinski definition) is 2. The molecule has 0 aliphatic carbocycles. The number of nitro groups is 1. The van der Waals surface area contributed by atoms with E-state index >= 15 is 0 Å². The molecule has 0 saturated carbocycles. The largest absolute Gasteiger partial charge is 0.507 e. The van der Waals surface area contributed by atoms with Gasteiger partial charge in [-0.2, -0.15) is 5.10 Å². The highest BCUT2D eigenvalue weighted by atomic mass is 32.1. The maximum atomic E-state index is 11.6. The van der Waals surface area contributed by atoms with Crippen molar-refractivity contribution in [2.75, 3.05) is 0 Å². The summed E-state index contributed by atoms with van der Waals surface area (Å²) in [4.78, 5) is 22.3. The summed E-state index contributed by atoms with van der Waals surface area (Å²) in [6.45, 7) is 1.55. The molecule has 0 spiro atoms. The van der Waals surface area contributed by atoms with Gasteiger partial charge in [-0.3, -0.25) is 14.9 Å². The number of nitrogens with zero attached hydrogens (tertiary/aromatic N) is 2. The van der Waals surface area contributed by atoms with E-state index in [4.69, 9.17) is 0 Å². The Labute approximate surface area is 123 Å². The van der Waals surface area contributed by atoms with Gasteiger partial charge in [0, 0.05) is 17.7 Å². The Morgan fingerprint density at radius 3 is 2.90 bits per heavy atom.